The Balaban J connectivity index is 1.09. The maximum atomic E-state index is 5.53. The summed E-state index contributed by atoms with van der Waals surface area (Å²) >= 11 is 1.66. The van der Waals surface area contributed by atoms with Gasteiger partial charge in [0.25, 0.3) is 0 Å². The number of rotatable bonds is 7. The average molecular weight is 873 g/mol. The van der Waals surface area contributed by atoms with Crippen molar-refractivity contribution in [1.29, 1.82) is 0 Å². The van der Waals surface area contributed by atoms with Gasteiger partial charge >= 0.3 is 0 Å². The Morgan fingerprint density at radius 3 is 1.34 bits per heavy atom. The molecule has 0 atom stereocenters. The first-order chi connectivity index (χ1) is 33.2. The van der Waals surface area contributed by atoms with Gasteiger partial charge in [-0.1, -0.05) is 103 Å². The van der Waals surface area contributed by atoms with Gasteiger partial charge in [0.1, 0.15) is 10.7 Å². The molecule has 0 fully saturated rings. The summed E-state index contributed by atoms with van der Waals surface area (Å²) in [4.78, 5) is 29.4. The van der Waals surface area contributed by atoms with Gasteiger partial charge in [-0.15, -0.1) is 11.3 Å². The van der Waals surface area contributed by atoms with E-state index in [1.54, 1.807) is 11.3 Å². The van der Waals surface area contributed by atoms with Crippen LogP contribution in [0.1, 0.15) is 0 Å². The van der Waals surface area contributed by atoms with Crippen LogP contribution in [0.25, 0.3) is 131 Å². The Morgan fingerprint density at radius 2 is 0.746 bits per heavy atom. The van der Waals surface area contributed by atoms with Crippen LogP contribution in [0.5, 0.6) is 0 Å². The third-order valence-corrected chi connectivity index (χ3v) is 13.8. The van der Waals surface area contributed by atoms with E-state index in [2.05, 4.69) is 169 Å². The number of aromatic nitrogens is 6. The van der Waals surface area contributed by atoms with Crippen molar-refractivity contribution in [3.8, 4) is 77.6 Å². The van der Waals surface area contributed by atoms with E-state index in [1.165, 1.54) is 0 Å². The minimum absolute atomic E-state index is 0.800. The molecule has 0 aliphatic heterocycles. The number of pyridine rings is 5. The standard InChI is InChI=1S/C60H36N6S/c1-4-14-48-37(10-1)31-62-34-53(48)44-23-41(22-43(24-44)51-17-9-13-40-30-61-21-20-52(40)51)42-28-57(65-58(29-42)60-66-56-18-7-8-19-59(56)67-60)47-26-45(54-35-63-32-38-11-2-5-15-49(38)54)25-46(27-47)55-36-64-33-39-12-3-6-16-50(39)55/h1-36H. The van der Waals surface area contributed by atoms with Crippen molar-refractivity contribution in [3.05, 3.63) is 219 Å². The molecule has 6 nitrogen and oxygen atoms in total. The number of nitrogens with zero attached hydrogens (tertiary/aromatic N) is 6. The summed E-state index contributed by atoms with van der Waals surface area (Å²) in [6, 6.07) is 60.3. The Hall–Kier alpha value is -8.78. The van der Waals surface area contributed by atoms with Crippen LogP contribution >= 0.6 is 11.3 Å². The fourth-order valence-corrected chi connectivity index (χ4v) is 10.5. The van der Waals surface area contributed by atoms with E-state index in [9.17, 15) is 0 Å². The highest BCUT2D eigenvalue weighted by Crippen LogP contribution is 2.42. The summed E-state index contributed by atoms with van der Waals surface area (Å²) in [7, 11) is 0. The second kappa shape index (κ2) is 16.0. The highest BCUT2D eigenvalue weighted by atomic mass is 32.1. The lowest BCUT2D eigenvalue weighted by atomic mass is 9.89. The van der Waals surface area contributed by atoms with Crippen molar-refractivity contribution in [2.75, 3.05) is 0 Å². The number of benzene rings is 7. The fraction of sp³-hybridized carbons (Fsp3) is 0. The summed E-state index contributed by atoms with van der Waals surface area (Å²) < 4.78 is 1.11. The Morgan fingerprint density at radius 1 is 0.299 bits per heavy atom. The maximum Gasteiger partial charge on any atom is 0.143 e. The zero-order valence-corrected chi connectivity index (χ0v) is 36.7. The summed E-state index contributed by atoms with van der Waals surface area (Å²) in [5.74, 6) is 0. The summed E-state index contributed by atoms with van der Waals surface area (Å²) in [6.45, 7) is 0. The molecule has 0 bridgehead atoms. The Kier molecular flexibility index (Phi) is 9.25. The zero-order chi connectivity index (χ0) is 44.3. The first kappa shape index (κ1) is 38.7. The molecule has 13 rings (SSSR count). The van der Waals surface area contributed by atoms with Crippen molar-refractivity contribution >= 4 is 64.6 Å². The Labute approximate surface area is 389 Å². The van der Waals surface area contributed by atoms with Gasteiger partial charge in [-0.2, -0.15) is 0 Å². The first-order valence-electron chi connectivity index (χ1n) is 22.2. The van der Waals surface area contributed by atoms with Crippen LogP contribution in [-0.4, -0.2) is 29.9 Å². The van der Waals surface area contributed by atoms with E-state index in [4.69, 9.17) is 24.9 Å². The number of fused-ring (bicyclic) bond motifs is 5. The molecule has 7 heteroatoms. The van der Waals surface area contributed by atoms with Crippen LogP contribution in [0.2, 0.25) is 0 Å². The minimum Gasteiger partial charge on any atom is -0.264 e. The summed E-state index contributed by atoms with van der Waals surface area (Å²) in [5.41, 5.74) is 14.1. The van der Waals surface area contributed by atoms with E-state index in [0.29, 0.717) is 0 Å². The third-order valence-electron chi connectivity index (χ3n) is 12.8. The largest absolute Gasteiger partial charge is 0.264 e. The molecule has 6 aromatic heterocycles. The molecule has 13 aromatic rings. The quantitative estimate of drug-likeness (QED) is 0.159. The summed E-state index contributed by atoms with van der Waals surface area (Å²) in [5, 5.41) is 9.73. The fourth-order valence-electron chi connectivity index (χ4n) is 9.54. The van der Waals surface area contributed by atoms with Crippen molar-refractivity contribution in [3.63, 3.8) is 0 Å². The molecule has 0 saturated heterocycles. The predicted octanol–water partition coefficient (Wildman–Crippen LogP) is 15.6. The molecule has 0 unspecified atom stereocenters. The SMILES string of the molecule is c1cc(-c2cc(-c3cc(-c4cc(-c5cncc6ccccc56)cc(-c5cncc6ccccc56)c4)nc(-c4nc5ccccc5s4)c3)cc(-c3cncc4ccccc34)c2)c2ccncc2c1. The van der Waals surface area contributed by atoms with E-state index >= 15 is 0 Å². The topological polar surface area (TPSA) is 77.3 Å². The second-order valence-electron chi connectivity index (χ2n) is 16.8. The molecule has 312 valence electrons. The molecule has 67 heavy (non-hydrogen) atoms. The molecule has 0 amide bonds. The lowest BCUT2D eigenvalue weighted by molar-refractivity contribution is 1.30. The lowest BCUT2D eigenvalue weighted by Crippen LogP contribution is -1.94. The van der Waals surface area contributed by atoms with Gasteiger partial charge in [0.2, 0.25) is 0 Å². The monoisotopic (exact) mass is 872 g/mol. The van der Waals surface area contributed by atoms with Crippen LogP contribution in [0.15, 0.2) is 219 Å². The molecule has 0 N–H and O–H groups in total. The van der Waals surface area contributed by atoms with Gasteiger partial charge in [-0.3, -0.25) is 19.9 Å². The zero-order valence-electron chi connectivity index (χ0n) is 35.9. The second-order valence-corrected chi connectivity index (χ2v) is 17.9. The van der Waals surface area contributed by atoms with Crippen LogP contribution < -0.4 is 0 Å². The predicted molar refractivity (Wildman–Crippen MR) is 277 cm³/mol. The van der Waals surface area contributed by atoms with Crippen molar-refractivity contribution < 1.29 is 0 Å². The average Bonchev–Trinajstić information content (AvgIpc) is 3.85. The molecular formula is C60H36N6S. The maximum absolute atomic E-state index is 5.53. The molecule has 0 saturated carbocycles. The van der Waals surface area contributed by atoms with Crippen LogP contribution in [0, 0.1) is 0 Å². The van der Waals surface area contributed by atoms with E-state index in [-0.39, 0.29) is 0 Å². The molecule has 6 heterocycles. The van der Waals surface area contributed by atoms with Crippen molar-refractivity contribution in [2.24, 2.45) is 0 Å². The van der Waals surface area contributed by atoms with E-state index in [0.717, 1.165) is 131 Å². The van der Waals surface area contributed by atoms with Crippen molar-refractivity contribution in [1.82, 2.24) is 29.9 Å². The molecule has 0 spiro atoms. The molecule has 0 aliphatic rings. The van der Waals surface area contributed by atoms with Gasteiger partial charge in [-0.25, -0.2) is 9.97 Å². The molecular weight excluding hydrogens is 837 g/mol. The van der Waals surface area contributed by atoms with Gasteiger partial charge in [0, 0.05) is 93.4 Å². The van der Waals surface area contributed by atoms with Crippen LogP contribution in [-0.2, 0) is 0 Å². The van der Waals surface area contributed by atoms with Crippen molar-refractivity contribution in [2.45, 2.75) is 0 Å². The van der Waals surface area contributed by atoms with Crippen LogP contribution in [0.4, 0.5) is 0 Å². The Bertz CT molecular complexity index is 3610. The highest BCUT2D eigenvalue weighted by molar-refractivity contribution is 7.21. The van der Waals surface area contributed by atoms with Gasteiger partial charge in [0.15, 0.2) is 0 Å². The van der Waals surface area contributed by atoms with Gasteiger partial charge < -0.3 is 0 Å². The van der Waals surface area contributed by atoms with E-state index < -0.39 is 0 Å². The number of para-hydroxylation sites is 1. The normalized spacial score (nSPS) is 11.6. The van der Waals surface area contributed by atoms with E-state index in [1.807, 2.05) is 55.6 Å². The molecule has 7 aromatic carbocycles. The smallest absolute Gasteiger partial charge is 0.143 e. The number of hydrogen-bond acceptors (Lipinski definition) is 7. The first-order valence-corrected chi connectivity index (χ1v) is 23.0. The number of thiazole rings is 1. The highest BCUT2D eigenvalue weighted by Gasteiger charge is 2.19. The van der Waals surface area contributed by atoms with Gasteiger partial charge in [0.05, 0.1) is 15.9 Å². The third kappa shape index (κ3) is 6.97. The molecule has 0 aliphatic carbocycles. The number of hydrogen-bond donors (Lipinski definition) is 0. The van der Waals surface area contributed by atoms with Crippen LogP contribution in [0.3, 0.4) is 0 Å². The lowest BCUT2D eigenvalue weighted by Gasteiger charge is -2.16. The van der Waals surface area contributed by atoms with Gasteiger partial charge in [-0.05, 0) is 127 Å². The minimum atomic E-state index is 0.800. The summed E-state index contributed by atoms with van der Waals surface area (Å²) in [6.07, 6.45) is 15.5. The molecule has 0 radical (unpaired) electrons.